The molecule has 0 saturated carbocycles. The zero-order chi connectivity index (χ0) is 31.6. The molecule has 0 spiro atoms. The number of hydrogen-bond acceptors (Lipinski definition) is 4. The van der Waals surface area contributed by atoms with E-state index in [0.717, 1.165) is 66.1 Å². The van der Waals surface area contributed by atoms with Crippen LogP contribution in [0.3, 0.4) is 0 Å². The van der Waals surface area contributed by atoms with Gasteiger partial charge in [-0.15, -0.1) is 0 Å². The molecule has 48 heavy (non-hydrogen) atoms. The van der Waals surface area contributed by atoms with Gasteiger partial charge in [0.15, 0.2) is 23.1 Å². The van der Waals surface area contributed by atoms with Gasteiger partial charge in [-0.05, 0) is 47.9 Å². The normalized spacial score (nSPS) is 11.8. The van der Waals surface area contributed by atoms with Crippen LogP contribution >= 0.6 is 0 Å². The van der Waals surface area contributed by atoms with E-state index in [4.69, 9.17) is 19.4 Å². The molecule has 3 heterocycles. The second kappa shape index (κ2) is 10.5. The lowest BCUT2D eigenvalue weighted by Crippen LogP contribution is -2.00. The summed E-state index contributed by atoms with van der Waals surface area (Å²) >= 11 is 0. The van der Waals surface area contributed by atoms with E-state index in [0.29, 0.717) is 17.5 Å². The highest BCUT2D eigenvalue weighted by Crippen LogP contribution is 2.42. The average Bonchev–Trinajstić information content (AvgIpc) is 3.72. The van der Waals surface area contributed by atoms with Crippen LogP contribution in [0, 0.1) is 0 Å². The van der Waals surface area contributed by atoms with Gasteiger partial charge in [0.05, 0.1) is 11.0 Å². The molecule has 0 aliphatic heterocycles. The molecule has 0 amide bonds. The molecule has 10 rings (SSSR count). The quantitative estimate of drug-likeness (QED) is 0.198. The van der Waals surface area contributed by atoms with Crippen LogP contribution in [0.15, 0.2) is 162 Å². The van der Waals surface area contributed by atoms with Crippen LogP contribution in [0.4, 0.5) is 0 Å². The summed E-state index contributed by atoms with van der Waals surface area (Å²) < 4.78 is 9.15. The lowest BCUT2D eigenvalue weighted by Gasteiger charge is -2.11. The van der Waals surface area contributed by atoms with Gasteiger partial charge in [0.1, 0.15) is 5.58 Å². The Bertz CT molecular complexity index is 2760. The van der Waals surface area contributed by atoms with Crippen molar-refractivity contribution in [3.63, 3.8) is 0 Å². The fraction of sp³-hybridized carbons (Fsp3) is 0. The molecule has 0 saturated heterocycles. The first-order chi connectivity index (χ1) is 23.8. The Hall–Kier alpha value is -6.59. The third kappa shape index (κ3) is 4.08. The second-order valence-corrected chi connectivity index (χ2v) is 12.0. The van der Waals surface area contributed by atoms with Crippen molar-refractivity contribution >= 4 is 54.5 Å². The number of benzene rings is 7. The van der Waals surface area contributed by atoms with Gasteiger partial charge in [-0.3, -0.25) is 0 Å². The first-order valence-corrected chi connectivity index (χ1v) is 16.0. The van der Waals surface area contributed by atoms with Gasteiger partial charge in [-0.25, -0.2) is 15.0 Å². The average molecular weight is 615 g/mol. The van der Waals surface area contributed by atoms with Gasteiger partial charge in [0, 0.05) is 49.3 Å². The minimum Gasteiger partial charge on any atom is -0.453 e. The van der Waals surface area contributed by atoms with Gasteiger partial charge in [-0.2, -0.15) is 0 Å². The molecule has 0 aliphatic carbocycles. The van der Waals surface area contributed by atoms with Crippen molar-refractivity contribution in [3.05, 3.63) is 158 Å². The number of fused-ring (bicyclic) bond motifs is 9. The van der Waals surface area contributed by atoms with Crippen molar-refractivity contribution in [1.82, 2.24) is 19.5 Å². The van der Waals surface area contributed by atoms with E-state index in [-0.39, 0.29) is 0 Å². The Labute approximate surface area is 275 Å². The van der Waals surface area contributed by atoms with E-state index < -0.39 is 0 Å². The lowest BCUT2D eigenvalue weighted by atomic mass is 10.0. The maximum Gasteiger partial charge on any atom is 0.164 e. The minimum atomic E-state index is 0.628. The van der Waals surface area contributed by atoms with Crippen LogP contribution in [0.2, 0.25) is 0 Å². The Kier molecular flexibility index (Phi) is 5.81. The zero-order valence-corrected chi connectivity index (χ0v) is 25.7. The number of hydrogen-bond donors (Lipinski definition) is 0. The predicted octanol–water partition coefficient (Wildman–Crippen LogP) is 11.0. The fourth-order valence-corrected chi connectivity index (χ4v) is 6.98. The molecule has 10 aromatic rings. The fourth-order valence-electron chi connectivity index (χ4n) is 6.98. The summed E-state index contributed by atoms with van der Waals surface area (Å²) in [4.78, 5) is 14.7. The highest BCUT2D eigenvalue weighted by atomic mass is 16.3. The number of rotatable bonds is 4. The highest BCUT2D eigenvalue weighted by Gasteiger charge is 2.20. The van der Waals surface area contributed by atoms with Crippen LogP contribution in [0.25, 0.3) is 94.4 Å². The van der Waals surface area contributed by atoms with Crippen LogP contribution in [0.1, 0.15) is 0 Å². The van der Waals surface area contributed by atoms with Crippen LogP contribution < -0.4 is 0 Å². The van der Waals surface area contributed by atoms with E-state index in [1.165, 1.54) is 10.8 Å². The largest absolute Gasteiger partial charge is 0.453 e. The summed E-state index contributed by atoms with van der Waals surface area (Å²) in [6, 6.07) is 54.4. The standard InChI is InChI=1S/C43H26N4O/c1-3-12-28(13-4-1)41-44-42(29-14-5-2-6-15-29)46-43(45-41)30-19-22-31(23-20-30)47-37-18-10-9-17-33(37)34-25-26-36-35-24-21-27-11-7-8-16-32(27)39(35)48-40(36)38(34)47/h1-26H. The van der Waals surface area contributed by atoms with Gasteiger partial charge >= 0.3 is 0 Å². The third-order valence-electron chi connectivity index (χ3n) is 9.25. The van der Waals surface area contributed by atoms with Gasteiger partial charge in [-0.1, -0.05) is 115 Å². The molecule has 0 unspecified atom stereocenters. The first kappa shape index (κ1) is 26.6. The van der Waals surface area contributed by atoms with Crippen molar-refractivity contribution in [2.45, 2.75) is 0 Å². The highest BCUT2D eigenvalue weighted by molar-refractivity contribution is 6.24. The zero-order valence-electron chi connectivity index (χ0n) is 25.7. The minimum absolute atomic E-state index is 0.628. The molecule has 224 valence electrons. The van der Waals surface area contributed by atoms with E-state index >= 15 is 0 Å². The second-order valence-electron chi connectivity index (χ2n) is 12.0. The summed E-state index contributed by atoms with van der Waals surface area (Å²) in [6.07, 6.45) is 0. The lowest BCUT2D eigenvalue weighted by molar-refractivity contribution is 0.675. The molecule has 7 aromatic carbocycles. The maximum atomic E-state index is 6.83. The van der Waals surface area contributed by atoms with Gasteiger partial charge in [0.2, 0.25) is 0 Å². The van der Waals surface area contributed by atoms with Crippen molar-refractivity contribution in [2.24, 2.45) is 0 Å². The first-order valence-electron chi connectivity index (χ1n) is 16.0. The van der Waals surface area contributed by atoms with Gasteiger partial charge < -0.3 is 8.98 Å². The van der Waals surface area contributed by atoms with E-state index in [2.05, 4.69) is 102 Å². The molecule has 0 bridgehead atoms. The Balaban J connectivity index is 1.18. The molecule has 0 radical (unpaired) electrons. The van der Waals surface area contributed by atoms with Crippen molar-refractivity contribution in [2.75, 3.05) is 0 Å². The smallest absolute Gasteiger partial charge is 0.164 e. The predicted molar refractivity (Wildman–Crippen MR) is 195 cm³/mol. The van der Waals surface area contributed by atoms with Gasteiger partial charge in [0.25, 0.3) is 0 Å². The summed E-state index contributed by atoms with van der Waals surface area (Å²) in [6.45, 7) is 0. The SMILES string of the molecule is c1ccc(-c2nc(-c3ccccc3)nc(-c3ccc(-n4c5ccccc5c5ccc6c7ccc8ccccc8c7oc6c54)cc3)n2)cc1. The Morgan fingerprint density at radius 1 is 0.375 bits per heavy atom. The maximum absolute atomic E-state index is 6.83. The Morgan fingerprint density at radius 2 is 0.896 bits per heavy atom. The summed E-state index contributed by atoms with van der Waals surface area (Å²) in [7, 11) is 0. The Morgan fingerprint density at radius 3 is 1.58 bits per heavy atom. The number of para-hydroxylation sites is 1. The van der Waals surface area contributed by atoms with Crippen molar-refractivity contribution in [1.29, 1.82) is 0 Å². The topological polar surface area (TPSA) is 56.7 Å². The van der Waals surface area contributed by atoms with Crippen molar-refractivity contribution < 1.29 is 4.42 Å². The van der Waals surface area contributed by atoms with Crippen LogP contribution in [-0.2, 0) is 0 Å². The monoisotopic (exact) mass is 614 g/mol. The summed E-state index contributed by atoms with van der Waals surface area (Å²) in [5.74, 6) is 1.92. The molecular formula is C43H26N4O. The van der Waals surface area contributed by atoms with Crippen LogP contribution in [0.5, 0.6) is 0 Å². The van der Waals surface area contributed by atoms with E-state index in [1.807, 2.05) is 60.7 Å². The van der Waals surface area contributed by atoms with E-state index in [1.54, 1.807) is 0 Å². The molecule has 0 N–H and O–H groups in total. The molecular weight excluding hydrogens is 589 g/mol. The molecule has 5 heteroatoms. The van der Waals surface area contributed by atoms with Crippen LogP contribution in [-0.4, -0.2) is 19.5 Å². The molecule has 0 atom stereocenters. The van der Waals surface area contributed by atoms with E-state index in [9.17, 15) is 0 Å². The molecule has 0 fully saturated rings. The third-order valence-corrected chi connectivity index (χ3v) is 9.25. The number of aromatic nitrogens is 4. The number of nitrogens with zero attached hydrogens (tertiary/aromatic N) is 4. The molecule has 0 aliphatic rings. The summed E-state index contributed by atoms with van der Waals surface area (Å²) in [5, 5.41) is 6.85. The van der Waals surface area contributed by atoms with Crippen molar-refractivity contribution in [3.8, 4) is 39.9 Å². The summed E-state index contributed by atoms with van der Waals surface area (Å²) in [5.41, 5.74) is 7.82. The number of furan rings is 1. The molecule has 5 nitrogen and oxygen atoms in total. The molecule has 3 aromatic heterocycles.